The molecule has 0 aliphatic heterocycles. The lowest BCUT2D eigenvalue weighted by Crippen LogP contribution is -2.13. The van der Waals surface area contributed by atoms with Crippen molar-refractivity contribution in [3.05, 3.63) is 58.6 Å². The average molecular weight is 370 g/mol. The Kier molecular flexibility index (Phi) is 5.14. The molecule has 0 saturated carbocycles. The molecule has 0 unspecified atom stereocenters. The maximum absolute atomic E-state index is 12.1. The first-order valence-electron chi connectivity index (χ1n) is 8.53. The molecule has 1 aromatic heterocycles. The van der Waals surface area contributed by atoms with Crippen LogP contribution in [0.4, 0.5) is 0 Å². The number of ether oxygens (including phenoxy) is 1. The Morgan fingerprint density at radius 3 is 2.62 bits per heavy atom. The second-order valence-electron chi connectivity index (χ2n) is 6.35. The molecular weight excluding hydrogens is 350 g/mol. The summed E-state index contributed by atoms with van der Waals surface area (Å²) in [4.78, 5) is 16.6. The van der Waals surface area contributed by atoms with Gasteiger partial charge in [-0.3, -0.25) is 0 Å². The van der Waals surface area contributed by atoms with Gasteiger partial charge in [-0.05, 0) is 55.7 Å². The van der Waals surface area contributed by atoms with Crippen LogP contribution in [0.3, 0.4) is 0 Å². The molecule has 4 nitrogen and oxygen atoms in total. The van der Waals surface area contributed by atoms with Crippen molar-refractivity contribution in [2.24, 2.45) is 0 Å². The van der Waals surface area contributed by atoms with E-state index in [1.807, 2.05) is 44.2 Å². The van der Waals surface area contributed by atoms with Gasteiger partial charge in [-0.1, -0.05) is 36.7 Å². The number of aromatic carboxylic acids is 1. The molecule has 0 amide bonds. The van der Waals surface area contributed by atoms with Crippen LogP contribution in [0.15, 0.2) is 42.5 Å². The maximum Gasteiger partial charge on any atom is 0.341 e. The zero-order valence-electron chi connectivity index (χ0n) is 14.9. The molecule has 0 saturated heterocycles. The molecule has 0 spiro atoms. The van der Waals surface area contributed by atoms with Gasteiger partial charge in [0.1, 0.15) is 5.56 Å². The van der Waals surface area contributed by atoms with Crippen LogP contribution in [-0.4, -0.2) is 22.2 Å². The van der Waals surface area contributed by atoms with E-state index in [0.717, 1.165) is 22.9 Å². The molecule has 0 bridgehead atoms. The molecular formula is C21H20ClNO3. The molecule has 0 aliphatic rings. The molecule has 3 aromatic rings. The van der Waals surface area contributed by atoms with Crippen molar-refractivity contribution in [3.63, 3.8) is 0 Å². The number of hydrogen-bond donors (Lipinski definition) is 1. The summed E-state index contributed by atoms with van der Waals surface area (Å²) in [6, 6.07) is 13.1. The molecule has 0 fully saturated rings. The van der Waals surface area contributed by atoms with Gasteiger partial charge in [0, 0.05) is 16.0 Å². The third-order valence-corrected chi connectivity index (χ3v) is 4.33. The number of carbonyl (C=O) groups is 1. The molecule has 26 heavy (non-hydrogen) atoms. The van der Waals surface area contributed by atoms with Gasteiger partial charge < -0.3 is 9.84 Å². The van der Waals surface area contributed by atoms with E-state index in [2.05, 4.69) is 11.9 Å². The SMILES string of the molecule is CCc1ccc2nc(OC(C)C)c(C(=O)O)c(-c3cccc(Cl)c3)c2c1. The van der Waals surface area contributed by atoms with Gasteiger partial charge >= 0.3 is 5.97 Å². The van der Waals surface area contributed by atoms with Gasteiger partial charge in [-0.25, -0.2) is 9.78 Å². The number of benzene rings is 2. The van der Waals surface area contributed by atoms with Crippen molar-refractivity contribution < 1.29 is 14.6 Å². The highest BCUT2D eigenvalue weighted by Gasteiger charge is 2.24. The Bertz CT molecular complexity index is 982. The smallest absolute Gasteiger partial charge is 0.341 e. The molecule has 134 valence electrons. The van der Waals surface area contributed by atoms with Gasteiger partial charge in [0.05, 0.1) is 11.6 Å². The molecule has 0 radical (unpaired) electrons. The van der Waals surface area contributed by atoms with Crippen LogP contribution in [0.25, 0.3) is 22.0 Å². The van der Waals surface area contributed by atoms with Crippen LogP contribution in [0.1, 0.15) is 36.7 Å². The number of hydrogen-bond acceptors (Lipinski definition) is 3. The summed E-state index contributed by atoms with van der Waals surface area (Å²) in [7, 11) is 0. The Morgan fingerprint density at radius 2 is 2.00 bits per heavy atom. The molecule has 3 rings (SSSR count). The van der Waals surface area contributed by atoms with Crippen molar-refractivity contribution in [2.75, 3.05) is 0 Å². The second kappa shape index (κ2) is 7.34. The molecule has 1 N–H and O–H groups in total. The van der Waals surface area contributed by atoms with E-state index >= 15 is 0 Å². The topological polar surface area (TPSA) is 59.4 Å². The number of fused-ring (bicyclic) bond motifs is 1. The molecule has 2 aromatic carbocycles. The van der Waals surface area contributed by atoms with Gasteiger partial charge in [0.2, 0.25) is 5.88 Å². The fraction of sp³-hybridized carbons (Fsp3) is 0.238. The Balaban J connectivity index is 2.45. The van der Waals surface area contributed by atoms with Crippen molar-refractivity contribution in [1.82, 2.24) is 4.98 Å². The Morgan fingerprint density at radius 1 is 1.23 bits per heavy atom. The van der Waals surface area contributed by atoms with Crippen LogP contribution in [0.2, 0.25) is 5.02 Å². The predicted octanol–water partition coefficient (Wildman–Crippen LogP) is 5.60. The largest absolute Gasteiger partial charge is 0.477 e. The van der Waals surface area contributed by atoms with E-state index in [4.69, 9.17) is 16.3 Å². The monoisotopic (exact) mass is 369 g/mol. The first-order valence-corrected chi connectivity index (χ1v) is 8.91. The minimum atomic E-state index is -1.08. The van der Waals surface area contributed by atoms with E-state index in [-0.39, 0.29) is 17.5 Å². The van der Waals surface area contributed by atoms with Crippen molar-refractivity contribution >= 4 is 28.5 Å². The van der Waals surface area contributed by atoms with Crippen molar-refractivity contribution in [2.45, 2.75) is 33.3 Å². The number of rotatable bonds is 5. The van der Waals surface area contributed by atoms with Gasteiger partial charge in [-0.15, -0.1) is 0 Å². The average Bonchev–Trinajstić information content (AvgIpc) is 2.59. The highest BCUT2D eigenvalue weighted by molar-refractivity contribution is 6.31. The van der Waals surface area contributed by atoms with E-state index in [1.54, 1.807) is 12.1 Å². The second-order valence-corrected chi connectivity index (χ2v) is 6.79. The summed E-state index contributed by atoms with van der Waals surface area (Å²) < 4.78 is 5.74. The fourth-order valence-electron chi connectivity index (χ4n) is 2.96. The summed E-state index contributed by atoms with van der Waals surface area (Å²) in [5, 5.41) is 11.2. The Hall–Kier alpha value is -2.59. The molecule has 1 heterocycles. The predicted molar refractivity (Wildman–Crippen MR) is 104 cm³/mol. The number of nitrogens with zero attached hydrogens (tertiary/aromatic N) is 1. The lowest BCUT2D eigenvalue weighted by Gasteiger charge is -2.17. The van der Waals surface area contributed by atoms with Crippen LogP contribution in [0, 0.1) is 0 Å². The summed E-state index contributed by atoms with van der Waals surface area (Å²) in [5.41, 5.74) is 3.16. The normalized spacial score (nSPS) is 11.1. The lowest BCUT2D eigenvalue weighted by atomic mass is 9.94. The zero-order chi connectivity index (χ0) is 18.8. The third kappa shape index (κ3) is 3.51. The quantitative estimate of drug-likeness (QED) is 0.635. The van der Waals surface area contributed by atoms with E-state index in [1.165, 1.54) is 0 Å². The molecule has 5 heteroatoms. The standard InChI is InChI=1S/C21H20ClNO3/c1-4-13-8-9-17-16(10-13)18(14-6-5-7-15(22)11-14)19(21(24)25)20(23-17)26-12(2)3/h5-12H,4H2,1-3H3,(H,24,25). The van der Waals surface area contributed by atoms with Crippen molar-refractivity contribution in [3.8, 4) is 17.0 Å². The number of aromatic nitrogens is 1. The van der Waals surface area contributed by atoms with Gasteiger partial charge in [0.25, 0.3) is 0 Å². The van der Waals surface area contributed by atoms with Crippen LogP contribution in [-0.2, 0) is 6.42 Å². The first kappa shape index (κ1) is 18.2. The number of carboxylic acids is 1. The third-order valence-electron chi connectivity index (χ3n) is 4.10. The summed E-state index contributed by atoms with van der Waals surface area (Å²) in [6.45, 7) is 5.75. The minimum absolute atomic E-state index is 0.0571. The maximum atomic E-state index is 12.1. The first-order chi connectivity index (χ1) is 12.4. The minimum Gasteiger partial charge on any atom is -0.477 e. The molecule has 0 atom stereocenters. The van der Waals surface area contributed by atoms with E-state index in [9.17, 15) is 9.90 Å². The van der Waals surface area contributed by atoms with E-state index < -0.39 is 5.97 Å². The summed E-state index contributed by atoms with van der Waals surface area (Å²) >= 11 is 6.17. The zero-order valence-corrected chi connectivity index (χ0v) is 15.7. The van der Waals surface area contributed by atoms with E-state index in [0.29, 0.717) is 16.1 Å². The van der Waals surface area contributed by atoms with Crippen LogP contribution >= 0.6 is 11.6 Å². The number of carboxylic acid groups (broad SMARTS) is 1. The van der Waals surface area contributed by atoms with Crippen LogP contribution < -0.4 is 4.74 Å². The van der Waals surface area contributed by atoms with Crippen molar-refractivity contribution in [1.29, 1.82) is 0 Å². The summed E-state index contributed by atoms with van der Waals surface area (Å²) in [6.07, 6.45) is 0.651. The molecule has 0 aliphatic carbocycles. The van der Waals surface area contributed by atoms with Gasteiger partial charge in [0.15, 0.2) is 0 Å². The number of pyridine rings is 1. The van der Waals surface area contributed by atoms with Crippen LogP contribution in [0.5, 0.6) is 5.88 Å². The van der Waals surface area contributed by atoms with Gasteiger partial charge in [-0.2, -0.15) is 0 Å². The highest BCUT2D eigenvalue weighted by Crippen LogP contribution is 2.38. The Labute approximate surface area is 157 Å². The fourth-order valence-corrected chi connectivity index (χ4v) is 3.15. The lowest BCUT2D eigenvalue weighted by molar-refractivity contribution is 0.0690. The number of halogens is 1. The summed E-state index contributed by atoms with van der Waals surface area (Å²) in [5.74, 6) is -0.953. The highest BCUT2D eigenvalue weighted by atomic mass is 35.5. The number of aryl methyl sites for hydroxylation is 1.